The van der Waals surface area contributed by atoms with Crippen molar-refractivity contribution in [3.8, 4) is 0 Å². The van der Waals surface area contributed by atoms with Crippen molar-refractivity contribution >= 4 is 19.8 Å². The van der Waals surface area contributed by atoms with Gasteiger partial charge in [-0.2, -0.15) is 0 Å². The van der Waals surface area contributed by atoms with Crippen molar-refractivity contribution in [1.82, 2.24) is 0 Å². The van der Waals surface area contributed by atoms with Crippen molar-refractivity contribution in [2.24, 2.45) is 0 Å². The van der Waals surface area contributed by atoms with Crippen LogP contribution >= 0.6 is 7.82 Å². The van der Waals surface area contributed by atoms with Crippen LogP contribution < -0.4 is 4.89 Å². The molecule has 10 heteroatoms. The quantitative estimate of drug-likeness (QED) is 0.0195. The summed E-state index contributed by atoms with van der Waals surface area (Å²) in [5, 5.41) is 0. The second-order valence-electron chi connectivity index (χ2n) is 23.5. The van der Waals surface area contributed by atoms with Gasteiger partial charge in [0, 0.05) is 12.8 Å². The first-order valence-electron chi connectivity index (χ1n) is 33.4. The predicted molar refractivity (Wildman–Crippen MR) is 346 cm³/mol. The first kappa shape index (κ1) is 77.9. The number of hydrogen-bond donors (Lipinski definition) is 0. The summed E-state index contributed by atoms with van der Waals surface area (Å²) in [7, 11) is 1.13. The van der Waals surface area contributed by atoms with Crippen molar-refractivity contribution in [3.63, 3.8) is 0 Å². The fourth-order valence-electron chi connectivity index (χ4n) is 9.26. The number of phosphoric acid groups is 1. The molecule has 0 N–H and O–H groups in total. The molecule has 0 aliphatic heterocycles. The first-order valence-corrected chi connectivity index (χ1v) is 34.9. The minimum Gasteiger partial charge on any atom is -0.756 e. The SMILES string of the molecule is CC/C=C\C/C=C\C/C=C\C/C=C\C/C=C\C/C=C\C/C=C\C/C=C\CCCCC(=O)OC(COC(=O)CCCCCCCCCCCCCCCCCCCCCCCCCCCCCCCC)COP(=O)([O-])OCC[N+](C)(C)C. The number of likely N-dealkylation sites (N-methyl/N-ethyl adjacent to an activating group) is 1. The second kappa shape index (κ2) is 61.5. The molecule has 0 spiro atoms. The van der Waals surface area contributed by atoms with Gasteiger partial charge >= 0.3 is 11.9 Å². The van der Waals surface area contributed by atoms with Gasteiger partial charge in [-0.05, 0) is 77.0 Å². The maximum atomic E-state index is 12.8. The highest BCUT2D eigenvalue weighted by molar-refractivity contribution is 7.45. The summed E-state index contributed by atoms with van der Waals surface area (Å²) >= 11 is 0. The highest BCUT2D eigenvalue weighted by atomic mass is 31.2. The molecule has 0 amide bonds. The normalized spacial score (nSPS) is 13.8. The zero-order valence-electron chi connectivity index (χ0n) is 53.2. The van der Waals surface area contributed by atoms with Crippen molar-refractivity contribution in [1.29, 1.82) is 0 Å². The van der Waals surface area contributed by atoms with Crippen LogP contribution in [0.2, 0.25) is 0 Å². The monoisotopic (exact) mass is 1150 g/mol. The van der Waals surface area contributed by atoms with Crippen LogP contribution in [0.1, 0.15) is 290 Å². The van der Waals surface area contributed by atoms with Gasteiger partial charge in [-0.1, -0.05) is 297 Å². The van der Waals surface area contributed by atoms with E-state index in [1.54, 1.807) is 0 Å². The molecule has 468 valence electrons. The molecule has 0 fully saturated rings. The third-order valence-electron chi connectivity index (χ3n) is 14.4. The molecule has 0 saturated carbocycles. The Morgan fingerprint density at radius 1 is 0.395 bits per heavy atom. The smallest absolute Gasteiger partial charge is 0.306 e. The van der Waals surface area contributed by atoms with Crippen molar-refractivity contribution in [3.05, 3.63) is 97.2 Å². The maximum absolute atomic E-state index is 12.8. The van der Waals surface area contributed by atoms with E-state index >= 15 is 0 Å². The second-order valence-corrected chi connectivity index (χ2v) is 24.9. The number of quaternary nitrogens is 1. The number of nitrogens with zero attached hydrogens (tertiary/aromatic N) is 1. The van der Waals surface area contributed by atoms with Crippen LogP contribution in [0.5, 0.6) is 0 Å². The molecule has 2 atom stereocenters. The minimum absolute atomic E-state index is 0.0432. The van der Waals surface area contributed by atoms with Crippen LogP contribution in [-0.4, -0.2) is 70.0 Å². The molecule has 9 nitrogen and oxygen atoms in total. The fraction of sp³-hybridized carbons (Fsp3) is 0.746. The Labute approximate surface area is 500 Å². The van der Waals surface area contributed by atoms with Gasteiger partial charge in [-0.25, -0.2) is 0 Å². The Morgan fingerprint density at radius 3 is 1.05 bits per heavy atom. The maximum Gasteiger partial charge on any atom is 0.306 e. The molecule has 2 unspecified atom stereocenters. The third kappa shape index (κ3) is 65.9. The Balaban J connectivity index is 4.14. The average Bonchev–Trinajstić information content (AvgIpc) is 3.43. The van der Waals surface area contributed by atoms with Gasteiger partial charge in [-0.15, -0.1) is 0 Å². The molecule has 0 saturated heterocycles. The molecule has 0 aromatic heterocycles. The first-order chi connectivity index (χ1) is 39.5. The van der Waals surface area contributed by atoms with E-state index in [-0.39, 0.29) is 26.1 Å². The van der Waals surface area contributed by atoms with Crippen LogP contribution in [0.25, 0.3) is 0 Å². The minimum atomic E-state index is -4.66. The van der Waals surface area contributed by atoms with Gasteiger partial charge < -0.3 is 27.9 Å². The highest BCUT2D eigenvalue weighted by Crippen LogP contribution is 2.38. The largest absolute Gasteiger partial charge is 0.756 e. The van der Waals surface area contributed by atoms with Gasteiger partial charge in [0.05, 0.1) is 27.7 Å². The molecule has 81 heavy (non-hydrogen) atoms. The molecule has 0 rings (SSSR count). The molecule has 0 radical (unpaired) electrons. The highest BCUT2D eigenvalue weighted by Gasteiger charge is 2.22. The zero-order chi connectivity index (χ0) is 59.1. The molecule has 0 aromatic carbocycles. The van der Waals surface area contributed by atoms with Crippen molar-refractivity contribution < 1.29 is 42.1 Å². The van der Waals surface area contributed by atoms with Gasteiger partial charge in [0.25, 0.3) is 7.82 Å². The van der Waals surface area contributed by atoms with Crippen LogP contribution in [0.4, 0.5) is 0 Å². The van der Waals surface area contributed by atoms with E-state index in [2.05, 4.69) is 111 Å². The van der Waals surface area contributed by atoms with Gasteiger partial charge in [0.15, 0.2) is 6.10 Å². The van der Waals surface area contributed by atoms with Crippen LogP contribution in [-0.2, 0) is 32.7 Å². The Morgan fingerprint density at radius 2 is 0.704 bits per heavy atom. The standard InChI is InChI=1S/C71H126NO8P/c1-6-8-10-12-14-16-18-20-22-24-26-28-30-32-34-35-36-38-39-41-43-45-47-49-51-53-55-57-59-61-63-70(73)77-67-69(68-79-81(75,76)78-66-65-72(3,4)5)80-71(74)64-62-60-58-56-54-52-50-48-46-44-42-40-37-33-31-29-27-25-23-21-19-17-15-13-11-9-7-2/h9,11,15,17,21,23,27,29,33,37,42,44,48,50,54,56,69H,6-8,10,12-14,16,18-20,22,24-26,28,30-32,34-36,38-41,43,45-47,49,51-53,55,57-68H2,1-5H3/b11-9-,17-15-,23-21-,29-27-,37-33-,44-42-,50-48-,56-54-. The number of carbonyl (C=O) groups excluding carboxylic acids is 2. The van der Waals surface area contributed by atoms with E-state index in [9.17, 15) is 19.0 Å². The van der Waals surface area contributed by atoms with Gasteiger partial charge in [0.1, 0.15) is 19.8 Å². The van der Waals surface area contributed by atoms with Crippen molar-refractivity contribution in [2.75, 3.05) is 47.5 Å². The summed E-state index contributed by atoms with van der Waals surface area (Å²) in [6, 6.07) is 0. The lowest BCUT2D eigenvalue weighted by atomic mass is 10.0. The average molecular weight is 1150 g/mol. The molecule has 0 aliphatic rings. The molecule has 0 heterocycles. The Bertz CT molecular complexity index is 1690. The van der Waals surface area contributed by atoms with E-state index in [4.69, 9.17) is 18.5 Å². The summed E-state index contributed by atoms with van der Waals surface area (Å²) in [4.78, 5) is 38.0. The Hall–Kier alpha value is -3.07. The van der Waals surface area contributed by atoms with E-state index in [0.29, 0.717) is 17.4 Å². The number of phosphoric ester groups is 1. The number of allylic oxidation sites excluding steroid dienone is 16. The van der Waals surface area contributed by atoms with Crippen LogP contribution in [0, 0.1) is 0 Å². The van der Waals surface area contributed by atoms with Crippen LogP contribution in [0.15, 0.2) is 97.2 Å². The lowest BCUT2D eigenvalue weighted by Gasteiger charge is -2.28. The summed E-state index contributed by atoms with van der Waals surface area (Å²) in [5.74, 6) is -0.880. The summed E-state index contributed by atoms with van der Waals surface area (Å²) < 4.78 is 34.2. The number of hydrogen-bond acceptors (Lipinski definition) is 8. The topological polar surface area (TPSA) is 111 Å². The van der Waals surface area contributed by atoms with Gasteiger partial charge in [0.2, 0.25) is 0 Å². The number of rotatable bonds is 61. The summed E-state index contributed by atoms with van der Waals surface area (Å²) in [5.41, 5.74) is 0. The van der Waals surface area contributed by atoms with Gasteiger partial charge in [-0.3, -0.25) is 14.2 Å². The third-order valence-corrected chi connectivity index (χ3v) is 15.3. The molecule has 0 bridgehead atoms. The molecule has 0 aliphatic carbocycles. The molecular formula is C71H126NO8P. The fourth-order valence-corrected chi connectivity index (χ4v) is 9.99. The lowest BCUT2D eigenvalue weighted by molar-refractivity contribution is -0.870. The van der Waals surface area contributed by atoms with Crippen molar-refractivity contribution in [2.45, 2.75) is 296 Å². The predicted octanol–water partition coefficient (Wildman–Crippen LogP) is 20.9. The Kier molecular flexibility index (Phi) is 59.2. The number of esters is 2. The van der Waals surface area contributed by atoms with E-state index < -0.39 is 32.5 Å². The summed E-state index contributed by atoms with van der Waals surface area (Å²) in [6.45, 7) is 4.10. The number of ether oxygens (including phenoxy) is 2. The lowest BCUT2D eigenvalue weighted by Crippen LogP contribution is -2.37. The zero-order valence-corrected chi connectivity index (χ0v) is 54.1. The molecular weight excluding hydrogens is 1030 g/mol. The van der Waals surface area contributed by atoms with E-state index in [1.807, 2.05) is 21.1 Å². The number of carbonyl (C=O) groups is 2. The summed E-state index contributed by atoms with van der Waals surface area (Å²) in [6.07, 6.45) is 84.9. The number of unbranched alkanes of at least 4 members (excludes halogenated alkanes) is 31. The van der Waals surface area contributed by atoms with Crippen LogP contribution in [0.3, 0.4) is 0 Å². The van der Waals surface area contributed by atoms with E-state index in [0.717, 1.165) is 83.5 Å². The van der Waals surface area contributed by atoms with E-state index in [1.165, 1.54) is 173 Å². The molecule has 0 aromatic rings.